The molecule has 1 atom stereocenters. The Hall–Kier alpha value is -1.90. The normalized spacial score (nSPS) is 11.8. The summed E-state index contributed by atoms with van der Waals surface area (Å²) in [5, 5.41) is 18.6. The van der Waals surface area contributed by atoms with Crippen LogP contribution in [0.1, 0.15) is 24.2 Å². The second kappa shape index (κ2) is 6.04. The molecule has 20 heavy (non-hydrogen) atoms. The predicted molar refractivity (Wildman–Crippen MR) is 76.0 cm³/mol. The van der Waals surface area contributed by atoms with Crippen LogP contribution in [0.4, 0.5) is 4.39 Å². The minimum atomic E-state index is -0.739. The molecular formula is C15H11BrFNO2. The lowest BCUT2D eigenvalue weighted by Gasteiger charge is -2.14. The number of rotatable bonds is 3. The van der Waals surface area contributed by atoms with Crippen molar-refractivity contribution in [3.63, 3.8) is 0 Å². The van der Waals surface area contributed by atoms with Crippen LogP contribution < -0.4 is 4.74 Å². The van der Waals surface area contributed by atoms with Crippen LogP contribution in [0.3, 0.4) is 0 Å². The summed E-state index contributed by atoms with van der Waals surface area (Å²) in [7, 11) is 0. The van der Waals surface area contributed by atoms with Crippen LogP contribution in [0.25, 0.3) is 0 Å². The molecule has 0 aliphatic carbocycles. The maximum Gasteiger partial charge on any atom is 0.141 e. The molecule has 0 saturated carbocycles. The second-order valence-corrected chi connectivity index (χ2v) is 5.07. The predicted octanol–water partition coefficient (Wildman–Crippen LogP) is 4.31. The molecule has 0 aliphatic heterocycles. The Kier molecular flexibility index (Phi) is 4.38. The lowest BCUT2D eigenvalue weighted by atomic mass is 10.1. The van der Waals surface area contributed by atoms with Crippen LogP contribution in [0.2, 0.25) is 0 Å². The summed E-state index contributed by atoms with van der Waals surface area (Å²) >= 11 is 3.21. The van der Waals surface area contributed by atoms with Crippen LogP contribution in [-0.2, 0) is 0 Å². The van der Waals surface area contributed by atoms with E-state index in [1.165, 1.54) is 24.3 Å². The van der Waals surface area contributed by atoms with E-state index < -0.39 is 6.10 Å². The molecule has 0 unspecified atom stereocenters. The number of aliphatic hydroxyl groups excluding tert-OH is 1. The van der Waals surface area contributed by atoms with Crippen molar-refractivity contribution in [3.8, 4) is 17.6 Å². The average molecular weight is 336 g/mol. The standard InChI is InChI=1S/C15H11BrFNO2/c1-9(19)12-4-2-10(8-18)6-15(12)20-14-5-3-11(17)7-13(14)16/h2-7,9,19H,1H3/t9-/m1/s1. The van der Waals surface area contributed by atoms with E-state index in [4.69, 9.17) is 10.00 Å². The summed E-state index contributed by atoms with van der Waals surface area (Å²) < 4.78 is 19.2. The smallest absolute Gasteiger partial charge is 0.141 e. The van der Waals surface area contributed by atoms with Crippen molar-refractivity contribution in [3.05, 3.63) is 57.8 Å². The maximum atomic E-state index is 13.0. The van der Waals surface area contributed by atoms with E-state index in [1.54, 1.807) is 19.1 Å². The van der Waals surface area contributed by atoms with Gasteiger partial charge in [0, 0.05) is 5.56 Å². The number of aliphatic hydroxyl groups is 1. The molecule has 0 radical (unpaired) electrons. The van der Waals surface area contributed by atoms with Gasteiger partial charge in [-0.1, -0.05) is 6.07 Å². The Bertz CT molecular complexity index is 680. The highest BCUT2D eigenvalue weighted by Gasteiger charge is 2.13. The van der Waals surface area contributed by atoms with Crippen LogP contribution >= 0.6 is 15.9 Å². The molecule has 3 nitrogen and oxygen atoms in total. The highest BCUT2D eigenvalue weighted by molar-refractivity contribution is 9.10. The van der Waals surface area contributed by atoms with Gasteiger partial charge in [-0.05, 0) is 53.2 Å². The molecule has 0 heterocycles. The molecule has 5 heteroatoms. The average Bonchev–Trinajstić information content (AvgIpc) is 2.41. The lowest BCUT2D eigenvalue weighted by Crippen LogP contribution is -1.97. The molecule has 102 valence electrons. The fourth-order valence-corrected chi connectivity index (χ4v) is 2.15. The monoisotopic (exact) mass is 335 g/mol. The number of hydrogen-bond donors (Lipinski definition) is 1. The van der Waals surface area contributed by atoms with Gasteiger partial charge >= 0.3 is 0 Å². The zero-order valence-electron chi connectivity index (χ0n) is 10.6. The molecule has 2 aromatic carbocycles. The van der Waals surface area contributed by atoms with Gasteiger partial charge in [-0.2, -0.15) is 5.26 Å². The van der Waals surface area contributed by atoms with Gasteiger partial charge in [-0.3, -0.25) is 0 Å². The molecule has 0 aromatic heterocycles. The van der Waals surface area contributed by atoms with Crippen molar-refractivity contribution in [1.29, 1.82) is 5.26 Å². The van der Waals surface area contributed by atoms with Gasteiger partial charge in [0.25, 0.3) is 0 Å². The van der Waals surface area contributed by atoms with Crippen LogP contribution in [0.15, 0.2) is 40.9 Å². The molecule has 0 fully saturated rings. The molecule has 0 aliphatic rings. The van der Waals surface area contributed by atoms with Gasteiger partial charge in [0.15, 0.2) is 0 Å². The first kappa shape index (κ1) is 14.5. The van der Waals surface area contributed by atoms with Crippen molar-refractivity contribution in [2.24, 2.45) is 0 Å². The van der Waals surface area contributed by atoms with Gasteiger partial charge in [0.05, 0.1) is 22.2 Å². The third-order valence-corrected chi connectivity index (χ3v) is 3.33. The first-order chi connectivity index (χ1) is 9.51. The zero-order valence-corrected chi connectivity index (χ0v) is 12.2. The second-order valence-electron chi connectivity index (χ2n) is 4.22. The van der Waals surface area contributed by atoms with Crippen molar-refractivity contribution in [2.75, 3.05) is 0 Å². The van der Waals surface area contributed by atoms with Crippen molar-refractivity contribution >= 4 is 15.9 Å². The summed E-state index contributed by atoms with van der Waals surface area (Å²) in [5.41, 5.74) is 0.975. The summed E-state index contributed by atoms with van der Waals surface area (Å²) in [6.07, 6.45) is -0.739. The number of hydrogen-bond acceptors (Lipinski definition) is 3. The molecule has 0 bridgehead atoms. The molecule has 0 saturated heterocycles. The molecule has 0 spiro atoms. The quantitative estimate of drug-likeness (QED) is 0.909. The highest BCUT2D eigenvalue weighted by Crippen LogP contribution is 2.34. The summed E-state index contributed by atoms with van der Waals surface area (Å²) in [6, 6.07) is 10.8. The first-order valence-corrected chi connectivity index (χ1v) is 6.65. The molecule has 2 rings (SSSR count). The van der Waals surface area contributed by atoms with E-state index in [9.17, 15) is 9.50 Å². The lowest BCUT2D eigenvalue weighted by molar-refractivity contribution is 0.195. The number of nitrogens with zero attached hydrogens (tertiary/aromatic N) is 1. The van der Waals surface area contributed by atoms with Crippen molar-refractivity contribution < 1.29 is 14.2 Å². The largest absolute Gasteiger partial charge is 0.456 e. The van der Waals surface area contributed by atoms with E-state index >= 15 is 0 Å². The van der Waals surface area contributed by atoms with Gasteiger partial charge in [-0.25, -0.2) is 4.39 Å². The minimum absolute atomic E-state index is 0.367. The Morgan fingerprint density at radius 1 is 1.25 bits per heavy atom. The summed E-state index contributed by atoms with van der Waals surface area (Å²) in [6.45, 7) is 1.61. The fourth-order valence-electron chi connectivity index (χ4n) is 1.71. The highest BCUT2D eigenvalue weighted by atomic mass is 79.9. The van der Waals surface area contributed by atoms with Crippen LogP contribution in [-0.4, -0.2) is 5.11 Å². The Balaban J connectivity index is 2.43. The Morgan fingerprint density at radius 3 is 2.60 bits per heavy atom. The first-order valence-electron chi connectivity index (χ1n) is 5.86. The SMILES string of the molecule is C[C@@H](O)c1ccc(C#N)cc1Oc1ccc(F)cc1Br. The van der Waals surface area contributed by atoms with Crippen molar-refractivity contribution in [1.82, 2.24) is 0 Å². The van der Waals surface area contributed by atoms with Gasteiger partial charge in [0.2, 0.25) is 0 Å². The minimum Gasteiger partial charge on any atom is -0.456 e. The van der Waals surface area contributed by atoms with Gasteiger partial charge in [0.1, 0.15) is 17.3 Å². The Labute approximate surface area is 124 Å². The number of halogens is 2. The number of nitriles is 1. The summed E-state index contributed by atoms with van der Waals surface area (Å²) in [4.78, 5) is 0. The van der Waals surface area contributed by atoms with Gasteiger partial charge in [-0.15, -0.1) is 0 Å². The number of ether oxygens (including phenoxy) is 1. The van der Waals surface area contributed by atoms with Crippen LogP contribution in [0.5, 0.6) is 11.5 Å². The van der Waals surface area contributed by atoms with Crippen LogP contribution in [0, 0.1) is 17.1 Å². The van der Waals surface area contributed by atoms with E-state index in [0.29, 0.717) is 27.1 Å². The third-order valence-electron chi connectivity index (χ3n) is 2.71. The van der Waals surface area contributed by atoms with E-state index in [0.717, 1.165) is 0 Å². The van der Waals surface area contributed by atoms with Crippen molar-refractivity contribution in [2.45, 2.75) is 13.0 Å². The molecular weight excluding hydrogens is 325 g/mol. The topological polar surface area (TPSA) is 53.2 Å². The van der Waals surface area contributed by atoms with E-state index in [-0.39, 0.29) is 5.82 Å². The van der Waals surface area contributed by atoms with E-state index in [1.807, 2.05) is 6.07 Å². The Morgan fingerprint density at radius 2 is 2.00 bits per heavy atom. The third kappa shape index (κ3) is 3.16. The summed E-state index contributed by atoms with van der Waals surface area (Å²) in [5.74, 6) is 0.389. The molecule has 2 aromatic rings. The maximum absolute atomic E-state index is 13.0. The van der Waals surface area contributed by atoms with Gasteiger partial charge < -0.3 is 9.84 Å². The molecule has 0 amide bonds. The fraction of sp³-hybridized carbons (Fsp3) is 0.133. The molecule has 1 N–H and O–H groups in total. The zero-order chi connectivity index (χ0) is 14.7. The number of benzene rings is 2. The van der Waals surface area contributed by atoms with E-state index in [2.05, 4.69) is 15.9 Å².